The number of carboxylic acid groups (broad SMARTS) is 1. The summed E-state index contributed by atoms with van der Waals surface area (Å²) in [6.07, 6.45) is 0. The number of carbonyl (C=O) groups excluding carboxylic acids is 1. The topological polar surface area (TPSA) is 160 Å². The summed E-state index contributed by atoms with van der Waals surface area (Å²) in [5.74, 6) is -1.08. The van der Waals surface area contributed by atoms with Gasteiger partial charge in [0.25, 0.3) is 0 Å². The minimum atomic E-state index is -1.67. The van der Waals surface area contributed by atoms with Gasteiger partial charge < -0.3 is 34.6 Å². The largest absolute Gasteiger partial charge is 0.508 e. The van der Waals surface area contributed by atoms with Crippen LogP contribution >= 0.6 is 21.4 Å². The van der Waals surface area contributed by atoms with E-state index in [1.165, 1.54) is 57.7 Å². The molecule has 0 aliphatic heterocycles. The fraction of sp³-hybridized carbons (Fsp3) is 0.222. The number of carbonyl (C=O) groups is 2. The third-order valence-electron chi connectivity index (χ3n) is 3.01. The number of methoxy groups -OCH3 is 3. The van der Waals surface area contributed by atoms with Gasteiger partial charge in [0.15, 0.2) is 0 Å². The normalized spacial score (nSPS) is 8.90. The number of aromatic hydroxyl groups is 2. The van der Waals surface area contributed by atoms with Crippen molar-refractivity contribution in [2.75, 3.05) is 28.4 Å². The highest BCUT2D eigenvalue weighted by molar-refractivity contribution is 8.26. The number of ether oxygens (including phenoxy) is 3. The maximum atomic E-state index is 11.1. The standard InChI is InChI=1S/C9H10O4.C8H8O4.CH4O.Cl2OS/c1-12-8-5-6(10)3-4-7(8)9(11)13-2;1-12-7-4-5(9)2-3-6(7)8(10)11;1-2;1-4(2)3/h3-5,10H,1-2H3;2-4,9H,1H3,(H,10,11);2H,1H3;. The van der Waals surface area contributed by atoms with E-state index in [1.807, 2.05) is 0 Å². The Hall–Kier alpha value is -2.73. The van der Waals surface area contributed by atoms with E-state index < -0.39 is 21.2 Å². The van der Waals surface area contributed by atoms with Gasteiger partial charge in [-0.15, -0.1) is 0 Å². The van der Waals surface area contributed by atoms with Crippen LogP contribution in [0.4, 0.5) is 0 Å². The van der Waals surface area contributed by atoms with E-state index in [2.05, 4.69) is 26.1 Å². The molecule has 0 aromatic heterocycles. The smallest absolute Gasteiger partial charge is 0.341 e. The first-order valence-electron chi connectivity index (χ1n) is 7.81. The lowest BCUT2D eigenvalue weighted by Crippen LogP contribution is -2.03. The molecule has 13 heteroatoms. The van der Waals surface area contributed by atoms with Crippen LogP contribution in [0.15, 0.2) is 36.4 Å². The molecule has 0 fully saturated rings. The van der Waals surface area contributed by atoms with Crippen LogP contribution in [0.1, 0.15) is 20.7 Å². The number of aliphatic hydroxyl groups excluding tert-OH is 1. The quantitative estimate of drug-likeness (QED) is 0.362. The van der Waals surface area contributed by atoms with Gasteiger partial charge in [-0.1, -0.05) is 0 Å². The third-order valence-corrected chi connectivity index (χ3v) is 3.01. The minimum absolute atomic E-state index is 0.0168. The molecule has 31 heavy (non-hydrogen) atoms. The van der Waals surface area contributed by atoms with Crippen molar-refractivity contribution in [3.05, 3.63) is 47.5 Å². The Morgan fingerprint density at radius 2 is 1.19 bits per heavy atom. The molecule has 0 atom stereocenters. The Labute approximate surface area is 190 Å². The van der Waals surface area contributed by atoms with E-state index in [9.17, 15) is 9.59 Å². The minimum Gasteiger partial charge on any atom is -0.508 e. The highest BCUT2D eigenvalue weighted by Gasteiger charge is 2.12. The first kappa shape index (κ1) is 30.5. The van der Waals surface area contributed by atoms with Crippen molar-refractivity contribution >= 4 is 42.5 Å². The zero-order chi connectivity index (χ0) is 24.6. The van der Waals surface area contributed by atoms with Crippen LogP contribution in [-0.4, -0.2) is 65.0 Å². The van der Waals surface area contributed by atoms with Crippen LogP contribution in [0.3, 0.4) is 0 Å². The Kier molecular flexibility index (Phi) is 16.7. The zero-order valence-corrected chi connectivity index (χ0v) is 19.2. The third kappa shape index (κ3) is 12.5. The maximum absolute atomic E-state index is 11.1. The second-order valence-corrected chi connectivity index (χ2v) is 7.27. The van der Waals surface area contributed by atoms with Gasteiger partial charge in [0, 0.05) is 40.6 Å². The van der Waals surface area contributed by atoms with Crippen molar-refractivity contribution in [1.29, 1.82) is 0 Å². The second-order valence-electron chi connectivity index (χ2n) is 4.75. The van der Waals surface area contributed by atoms with Crippen molar-refractivity contribution in [2.24, 2.45) is 0 Å². The average Bonchev–Trinajstić information content (AvgIpc) is 2.74. The lowest BCUT2D eigenvalue weighted by atomic mass is 10.2. The Morgan fingerprint density at radius 1 is 0.839 bits per heavy atom. The summed E-state index contributed by atoms with van der Waals surface area (Å²) in [6.45, 7) is 0. The highest BCUT2D eigenvalue weighted by atomic mass is 36.0. The number of phenols is 2. The molecule has 0 spiro atoms. The summed E-state index contributed by atoms with van der Waals surface area (Å²) in [6, 6.07) is 8.03. The molecule has 0 radical (unpaired) electrons. The summed E-state index contributed by atoms with van der Waals surface area (Å²) in [7, 11) is 12.4. The molecule has 2 aromatic rings. The molecule has 2 aromatic carbocycles. The van der Waals surface area contributed by atoms with Crippen LogP contribution in [0, 0.1) is 0 Å². The van der Waals surface area contributed by atoms with E-state index in [0.29, 0.717) is 11.3 Å². The van der Waals surface area contributed by atoms with Gasteiger partial charge in [-0.25, -0.2) is 13.8 Å². The number of hydrogen-bond acceptors (Lipinski definition) is 9. The van der Waals surface area contributed by atoms with Crippen molar-refractivity contribution in [3.63, 3.8) is 0 Å². The van der Waals surface area contributed by atoms with E-state index in [4.69, 9.17) is 34.1 Å². The lowest BCUT2D eigenvalue weighted by molar-refractivity contribution is 0.0596. The molecule has 0 amide bonds. The lowest BCUT2D eigenvalue weighted by Gasteiger charge is -2.06. The zero-order valence-electron chi connectivity index (χ0n) is 16.9. The fourth-order valence-corrected chi connectivity index (χ4v) is 1.82. The van der Waals surface area contributed by atoms with Gasteiger partial charge in [0.1, 0.15) is 34.1 Å². The summed E-state index contributed by atoms with van der Waals surface area (Å²) in [5, 5.41) is 33.7. The van der Waals surface area contributed by atoms with Crippen molar-refractivity contribution in [2.45, 2.75) is 0 Å². The summed E-state index contributed by atoms with van der Waals surface area (Å²) in [4.78, 5) is 21.7. The number of aromatic carboxylic acids is 1. The Balaban J connectivity index is 0. The van der Waals surface area contributed by atoms with Gasteiger partial charge in [-0.05, 0) is 24.3 Å². The highest BCUT2D eigenvalue weighted by Crippen LogP contribution is 2.24. The summed E-state index contributed by atoms with van der Waals surface area (Å²) < 4.78 is 23.2. The van der Waals surface area contributed by atoms with Gasteiger partial charge in [-0.3, -0.25) is 0 Å². The number of aliphatic hydroxyl groups is 1. The van der Waals surface area contributed by atoms with Crippen molar-refractivity contribution in [3.8, 4) is 23.0 Å². The molecule has 0 bridgehead atoms. The van der Waals surface area contributed by atoms with E-state index in [-0.39, 0.29) is 22.8 Å². The van der Waals surface area contributed by atoms with Crippen molar-refractivity contribution < 1.29 is 48.4 Å². The van der Waals surface area contributed by atoms with Gasteiger partial charge >= 0.3 is 11.9 Å². The Bertz CT molecular complexity index is 857. The van der Waals surface area contributed by atoms with Gasteiger partial charge in [0.2, 0.25) is 9.23 Å². The SMILES string of the molecule is CO.COC(=O)c1ccc(O)cc1OC.COc1cc(O)ccc1C(=O)O.O=S(Cl)Cl. The first-order valence-corrected chi connectivity index (χ1v) is 10.6. The number of halogens is 2. The van der Waals surface area contributed by atoms with Crippen LogP contribution in [0.2, 0.25) is 0 Å². The van der Waals surface area contributed by atoms with E-state index in [0.717, 1.165) is 7.11 Å². The second kappa shape index (κ2) is 17.0. The predicted molar refractivity (Wildman–Crippen MR) is 116 cm³/mol. The van der Waals surface area contributed by atoms with Crippen LogP contribution in [0.25, 0.3) is 0 Å². The molecule has 2 rings (SSSR count). The molecular formula is C18H22Cl2O10S. The Morgan fingerprint density at radius 3 is 1.52 bits per heavy atom. The number of esters is 1. The molecule has 174 valence electrons. The number of rotatable bonds is 4. The van der Waals surface area contributed by atoms with E-state index in [1.54, 1.807) is 0 Å². The van der Waals surface area contributed by atoms with Gasteiger partial charge in [-0.2, -0.15) is 0 Å². The monoisotopic (exact) mass is 500 g/mol. The number of phenolic OH excluding ortho intramolecular Hbond substituents is 2. The predicted octanol–water partition coefficient (Wildman–Crippen LogP) is 2.94. The van der Waals surface area contributed by atoms with Crippen LogP contribution in [-0.2, 0) is 14.0 Å². The van der Waals surface area contributed by atoms with Crippen LogP contribution in [0.5, 0.6) is 23.0 Å². The molecule has 0 saturated heterocycles. The van der Waals surface area contributed by atoms with Gasteiger partial charge in [0.05, 0.1) is 21.3 Å². The van der Waals surface area contributed by atoms with Crippen LogP contribution < -0.4 is 9.47 Å². The molecule has 0 saturated carbocycles. The molecule has 0 aliphatic rings. The summed E-state index contributed by atoms with van der Waals surface area (Å²) >= 11 is 0. The maximum Gasteiger partial charge on any atom is 0.341 e. The summed E-state index contributed by atoms with van der Waals surface area (Å²) in [5.41, 5.74) is 0.332. The molecule has 4 N–H and O–H groups in total. The molecule has 0 heterocycles. The molecule has 0 aliphatic carbocycles. The molecular weight excluding hydrogens is 479 g/mol. The van der Waals surface area contributed by atoms with Crippen molar-refractivity contribution in [1.82, 2.24) is 0 Å². The average molecular weight is 501 g/mol. The fourth-order valence-electron chi connectivity index (χ4n) is 1.82. The molecule has 0 unspecified atom stereocenters. The number of hydrogen-bond donors (Lipinski definition) is 4. The van der Waals surface area contributed by atoms with E-state index >= 15 is 0 Å². The number of benzene rings is 2. The molecule has 10 nitrogen and oxygen atoms in total. The number of carboxylic acids is 1. The first-order chi connectivity index (χ1) is 14.6.